The SMILES string of the molecule is C=Cn1ncc(=O)n(C)c1=O. The third kappa shape index (κ3) is 1.12. The van der Waals surface area contributed by atoms with Crippen molar-refractivity contribution in [3.05, 3.63) is 33.6 Å². The fraction of sp³-hybridized carbons (Fsp3) is 0.167. The maximum absolute atomic E-state index is 11.0. The molecule has 0 spiro atoms. The van der Waals surface area contributed by atoms with Crippen LogP contribution < -0.4 is 11.2 Å². The van der Waals surface area contributed by atoms with Gasteiger partial charge in [0.05, 0.1) is 0 Å². The highest BCUT2D eigenvalue weighted by Gasteiger charge is 1.96. The standard InChI is InChI=1S/C6H7N3O2/c1-3-9-6(11)8(2)5(10)4-7-9/h3-4H,1H2,2H3. The molecule has 0 atom stereocenters. The van der Waals surface area contributed by atoms with Gasteiger partial charge in [0.2, 0.25) is 0 Å². The lowest BCUT2D eigenvalue weighted by molar-refractivity contribution is 0.675. The predicted octanol–water partition coefficient (Wildman–Crippen LogP) is -0.958. The Kier molecular flexibility index (Phi) is 1.72. The summed E-state index contributed by atoms with van der Waals surface area (Å²) >= 11 is 0. The van der Waals surface area contributed by atoms with Crippen LogP contribution in [0.1, 0.15) is 0 Å². The normalized spacial score (nSPS) is 9.55. The minimum atomic E-state index is -0.493. The molecule has 0 saturated heterocycles. The van der Waals surface area contributed by atoms with Crippen LogP contribution in [0.5, 0.6) is 0 Å². The molecule has 5 heteroatoms. The second-order valence-electron chi connectivity index (χ2n) is 1.95. The van der Waals surface area contributed by atoms with Gasteiger partial charge in [-0.2, -0.15) is 9.78 Å². The van der Waals surface area contributed by atoms with E-state index in [1.165, 1.54) is 13.2 Å². The number of hydrogen-bond acceptors (Lipinski definition) is 3. The maximum Gasteiger partial charge on any atom is 0.351 e. The Balaban J connectivity index is 3.62. The van der Waals surface area contributed by atoms with Crippen molar-refractivity contribution >= 4 is 6.20 Å². The van der Waals surface area contributed by atoms with Gasteiger partial charge in [-0.3, -0.25) is 9.36 Å². The summed E-state index contributed by atoms with van der Waals surface area (Å²) in [7, 11) is 1.38. The highest BCUT2D eigenvalue weighted by atomic mass is 16.2. The molecule has 0 bridgehead atoms. The van der Waals surface area contributed by atoms with E-state index in [0.29, 0.717) is 0 Å². The summed E-state index contributed by atoms with van der Waals surface area (Å²) in [4.78, 5) is 21.8. The lowest BCUT2D eigenvalue weighted by atomic mass is 10.8. The third-order valence-corrected chi connectivity index (χ3v) is 1.28. The van der Waals surface area contributed by atoms with Crippen LogP contribution in [-0.4, -0.2) is 14.3 Å². The first kappa shape index (κ1) is 7.46. The van der Waals surface area contributed by atoms with E-state index in [4.69, 9.17) is 0 Å². The van der Waals surface area contributed by atoms with Crippen molar-refractivity contribution in [3.8, 4) is 0 Å². The molecule has 0 aliphatic rings. The van der Waals surface area contributed by atoms with Crippen molar-refractivity contribution in [1.82, 2.24) is 14.3 Å². The molecule has 0 aliphatic heterocycles. The van der Waals surface area contributed by atoms with Crippen LogP contribution in [0.3, 0.4) is 0 Å². The summed E-state index contributed by atoms with van der Waals surface area (Å²) in [6.45, 7) is 3.35. The van der Waals surface area contributed by atoms with Crippen molar-refractivity contribution < 1.29 is 0 Å². The molecule has 1 aromatic rings. The Morgan fingerprint density at radius 3 is 2.82 bits per heavy atom. The first-order chi connectivity index (χ1) is 5.16. The van der Waals surface area contributed by atoms with Gasteiger partial charge in [-0.05, 0) is 0 Å². The van der Waals surface area contributed by atoms with E-state index in [1.54, 1.807) is 0 Å². The highest BCUT2D eigenvalue weighted by molar-refractivity contribution is 5.10. The van der Waals surface area contributed by atoms with Crippen LogP contribution in [0.25, 0.3) is 6.20 Å². The van der Waals surface area contributed by atoms with Crippen LogP contribution in [0.4, 0.5) is 0 Å². The van der Waals surface area contributed by atoms with E-state index in [2.05, 4.69) is 11.7 Å². The van der Waals surface area contributed by atoms with E-state index < -0.39 is 11.2 Å². The molecule has 0 N–H and O–H groups in total. The first-order valence-electron chi connectivity index (χ1n) is 2.94. The number of hydrogen-bond donors (Lipinski definition) is 0. The average molecular weight is 153 g/mol. The van der Waals surface area contributed by atoms with Crippen molar-refractivity contribution in [1.29, 1.82) is 0 Å². The molecule has 1 aromatic heterocycles. The van der Waals surface area contributed by atoms with Gasteiger partial charge in [0.1, 0.15) is 6.20 Å². The molecule has 11 heavy (non-hydrogen) atoms. The van der Waals surface area contributed by atoms with Crippen LogP contribution in [0, 0.1) is 0 Å². The largest absolute Gasteiger partial charge is 0.351 e. The minimum Gasteiger partial charge on any atom is -0.267 e. The molecule has 0 aliphatic carbocycles. The monoisotopic (exact) mass is 153 g/mol. The predicted molar refractivity (Wildman–Crippen MR) is 40.1 cm³/mol. The van der Waals surface area contributed by atoms with Crippen molar-refractivity contribution in [2.24, 2.45) is 7.05 Å². The summed E-state index contributed by atoms with van der Waals surface area (Å²) in [6, 6.07) is 0. The van der Waals surface area contributed by atoms with E-state index in [-0.39, 0.29) is 0 Å². The second kappa shape index (κ2) is 2.53. The molecule has 0 fully saturated rings. The quantitative estimate of drug-likeness (QED) is 0.522. The van der Waals surface area contributed by atoms with Crippen LogP contribution in [0.15, 0.2) is 22.4 Å². The summed E-state index contributed by atoms with van der Waals surface area (Å²) in [5, 5.41) is 3.51. The molecule has 0 unspecified atom stereocenters. The van der Waals surface area contributed by atoms with Gasteiger partial charge in [-0.25, -0.2) is 4.79 Å². The summed E-state index contributed by atoms with van der Waals surface area (Å²) in [5.74, 6) is 0. The number of aromatic nitrogens is 3. The molecule has 1 heterocycles. The molecular formula is C6H7N3O2. The average Bonchev–Trinajstić information content (AvgIpc) is 2.01. The second-order valence-corrected chi connectivity index (χ2v) is 1.95. The Labute approximate surface area is 62.2 Å². The zero-order valence-electron chi connectivity index (χ0n) is 6.02. The van der Waals surface area contributed by atoms with E-state index in [9.17, 15) is 9.59 Å². The molecule has 0 radical (unpaired) electrons. The first-order valence-corrected chi connectivity index (χ1v) is 2.94. The zero-order chi connectivity index (χ0) is 8.43. The molecule has 0 amide bonds. The number of nitrogens with zero attached hydrogens (tertiary/aromatic N) is 3. The fourth-order valence-electron chi connectivity index (χ4n) is 0.621. The summed E-state index contributed by atoms with van der Waals surface area (Å²) < 4.78 is 1.94. The zero-order valence-corrected chi connectivity index (χ0v) is 6.02. The Bertz CT molecular complexity index is 388. The lowest BCUT2D eigenvalue weighted by Crippen LogP contribution is -2.36. The van der Waals surface area contributed by atoms with Crippen molar-refractivity contribution in [3.63, 3.8) is 0 Å². The lowest BCUT2D eigenvalue weighted by Gasteiger charge is -1.97. The summed E-state index contributed by atoms with van der Waals surface area (Å²) in [5.41, 5.74) is -0.916. The van der Waals surface area contributed by atoms with Crippen LogP contribution in [0.2, 0.25) is 0 Å². The van der Waals surface area contributed by atoms with Crippen LogP contribution in [-0.2, 0) is 7.05 Å². The van der Waals surface area contributed by atoms with Gasteiger partial charge < -0.3 is 0 Å². The topological polar surface area (TPSA) is 56.9 Å². The molecule has 58 valence electrons. The third-order valence-electron chi connectivity index (χ3n) is 1.28. The molecule has 0 aromatic carbocycles. The van der Waals surface area contributed by atoms with Gasteiger partial charge in [0, 0.05) is 13.2 Å². The summed E-state index contributed by atoms with van der Waals surface area (Å²) in [6.07, 6.45) is 2.30. The minimum absolute atomic E-state index is 0.423. The van der Waals surface area contributed by atoms with Gasteiger partial charge >= 0.3 is 5.69 Å². The fourth-order valence-corrected chi connectivity index (χ4v) is 0.621. The molecule has 0 saturated carbocycles. The van der Waals surface area contributed by atoms with E-state index in [0.717, 1.165) is 15.4 Å². The van der Waals surface area contributed by atoms with E-state index >= 15 is 0 Å². The highest BCUT2D eigenvalue weighted by Crippen LogP contribution is 1.67. The molecular weight excluding hydrogens is 146 g/mol. The van der Waals surface area contributed by atoms with Crippen molar-refractivity contribution in [2.75, 3.05) is 0 Å². The molecule has 5 nitrogen and oxygen atoms in total. The Hall–Kier alpha value is -1.65. The van der Waals surface area contributed by atoms with E-state index in [1.807, 2.05) is 0 Å². The van der Waals surface area contributed by atoms with Gasteiger partial charge in [0.25, 0.3) is 5.56 Å². The van der Waals surface area contributed by atoms with Crippen LogP contribution >= 0.6 is 0 Å². The Morgan fingerprint density at radius 1 is 1.64 bits per heavy atom. The smallest absolute Gasteiger partial charge is 0.267 e. The maximum atomic E-state index is 11.0. The van der Waals surface area contributed by atoms with Gasteiger partial charge in [0.15, 0.2) is 0 Å². The van der Waals surface area contributed by atoms with Gasteiger partial charge in [-0.15, -0.1) is 0 Å². The van der Waals surface area contributed by atoms with Crippen molar-refractivity contribution in [2.45, 2.75) is 0 Å². The Morgan fingerprint density at radius 2 is 2.27 bits per heavy atom. The number of rotatable bonds is 1. The van der Waals surface area contributed by atoms with Gasteiger partial charge in [-0.1, -0.05) is 6.58 Å². The molecule has 1 rings (SSSR count).